The van der Waals surface area contributed by atoms with E-state index in [1.54, 1.807) is 30.5 Å². The average Bonchev–Trinajstić information content (AvgIpc) is 3.03. The highest BCUT2D eigenvalue weighted by Gasteiger charge is 2.30. The van der Waals surface area contributed by atoms with E-state index in [9.17, 15) is 23.2 Å². The number of primary amides is 1. The number of hydrogen-bond acceptors (Lipinski definition) is 10. The number of hydrogen-bond donors (Lipinski definition) is 5. The van der Waals surface area contributed by atoms with Crippen LogP contribution >= 0.6 is 0 Å². The minimum Gasteiger partial charge on any atom is -0.480 e. The third kappa shape index (κ3) is 6.46. The predicted molar refractivity (Wildman–Crippen MR) is 161 cm³/mol. The Kier molecular flexibility index (Phi) is 8.25. The van der Waals surface area contributed by atoms with Gasteiger partial charge in [-0.2, -0.15) is 18.2 Å². The number of carbonyl (C=O) groups is 1. The molecule has 0 saturated heterocycles. The predicted octanol–water partition coefficient (Wildman–Crippen LogP) is 5.41. The molecule has 15 heteroatoms. The van der Waals surface area contributed by atoms with Crippen LogP contribution in [-0.4, -0.2) is 46.1 Å². The second-order valence-corrected chi connectivity index (χ2v) is 9.54. The van der Waals surface area contributed by atoms with Gasteiger partial charge < -0.3 is 36.8 Å². The van der Waals surface area contributed by atoms with Crippen molar-refractivity contribution in [3.63, 3.8) is 0 Å². The molecule has 12 nitrogen and oxygen atoms in total. The number of aromatic nitrogens is 3. The number of alkyl halides is 3. The molecule has 0 radical (unpaired) electrons. The molecule has 0 aliphatic carbocycles. The van der Waals surface area contributed by atoms with Gasteiger partial charge in [0.1, 0.15) is 0 Å². The summed E-state index contributed by atoms with van der Waals surface area (Å²) in [5.74, 6) is -0.758. The maximum Gasteiger partial charge on any atom is 0.416 e. The number of nitrogens with zero attached hydrogens (tertiary/aromatic N) is 4. The van der Waals surface area contributed by atoms with Crippen molar-refractivity contribution >= 4 is 45.4 Å². The van der Waals surface area contributed by atoms with Gasteiger partial charge >= 0.3 is 12.2 Å². The lowest BCUT2D eigenvalue weighted by Crippen LogP contribution is -2.15. The number of nitrogens with one attached hydrogen (secondary N) is 2. The number of halogens is 3. The van der Waals surface area contributed by atoms with Gasteiger partial charge in [0.05, 0.1) is 42.1 Å². The van der Waals surface area contributed by atoms with E-state index in [1.807, 2.05) is 0 Å². The highest BCUT2D eigenvalue weighted by atomic mass is 19.4. The number of oxime groups is 1. The number of nitrogens with two attached hydrogens (primary N) is 2. The zero-order valence-corrected chi connectivity index (χ0v) is 23.7. The Morgan fingerprint density at radius 2 is 1.67 bits per heavy atom. The van der Waals surface area contributed by atoms with E-state index in [0.717, 1.165) is 12.1 Å². The molecule has 3 aromatic carbocycles. The Bertz CT molecular complexity index is 1950. The minimum absolute atomic E-state index is 0.0576. The van der Waals surface area contributed by atoms with Gasteiger partial charge in [-0.25, -0.2) is 4.98 Å². The number of methoxy groups -OCH3 is 2. The van der Waals surface area contributed by atoms with Gasteiger partial charge in [-0.1, -0.05) is 23.4 Å². The normalized spacial score (nSPS) is 11.7. The zero-order valence-electron chi connectivity index (χ0n) is 23.7. The molecule has 5 rings (SSSR count). The molecule has 230 valence electrons. The van der Waals surface area contributed by atoms with E-state index in [0.29, 0.717) is 39.1 Å². The van der Waals surface area contributed by atoms with Gasteiger partial charge in [0.15, 0.2) is 5.84 Å². The SMILES string of the molecule is COc1ncc(-c2ccc3c(Nc4cc(Nc5cccc(C(F)(F)F)c5)cc(/C(N)=N/O)c4)c(C(N)=O)cnc3c2)c(OC)n1. The molecule has 2 aromatic heterocycles. The number of amides is 1. The number of ether oxygens (including phenoxy) is 2. The monoisotopic (exact) mass is 618 g/mol. The first kappa shape index (κ1) is 30.3. The highest BCUT2D eigenvalue weighted by Crippen LogP contribution is 2.36. The van der Waals surface area contributed by atoms with Crippen molar-refractivity contribution in [2.24, 2.45) is 16.6 Å². The van der Waals surface area contributed by atoms with Crippen molar-refractivity contribution in [3.8, 4) is 23.0 Å². The molecular formula is C30H25F3N8O4. The molecule has 0 atom stereocenters. The summed E-state index contributed by atoms with van der Waals surface area (Å²) in [6, 6.07) is 14.5. The molecule has 0 fully saturated rings. The molecule has 0 aliphatic rings. The van der Waals surface area contributed by atoms with Crippen LogP contribution in [0.2, 0.25) is 0 Å². The van der Waals surface area contributed by atoms with E-state index in [2.05, 4.69) is 30.7 Å². The van der Waals surface area contributed by atoms with E-state index in [4.69, 9.17) is 20.9 Å². The smallest absolute Gasteiger partial charge is 0.416 e. The van der Waals surface area contributed by atoms with E-state index < -0.39 is 17.6 Å². The fourth-order valence-electron chi connectivity index (χ4n) is 4.55. The van der Waals surface area contributed by atoms with Crippen LogP contribution in [0.25, 0.3) is 22.0 Å². The van der Waals surface area contributed by atoms with Crippen LogP contribution in [0.15, 0.2) is 78.2 Å². The number of carbonyl (C=O) groups excluding carboxylic acids is 1. The lowest BCUT2D eigenvalue weighted by Gasteiger charge is -2.17. The van der Waals surface area contributed by atoms with Crippen LogP contribution in [0.3, 0.4) is 0 Å². The largest absolute Gasteiger partial charge is 0.480 e. The number of anilines is 4. The molecule has 45 heavy (non-hydrogen) atoms. The molecule has 0 aliphatic heterocycles. The van der Waals surface area contributed by atoms with Crippen molar-refractivity contribution in [1.82, 2.24) is 15.0 Å². The summed E-state index contributed by atoms with van der Waals surface area (Å²) in [4.78, 5) is 25.2. The first-order valence-corrected chi connectivity index (χ1v) is 13.0. The summed E-state index contributed by atoms with van der Waals surface area (Å²) < 4.78 is 50.3. The third-order valence-corrected chi connectivity index (χ3v) is 6.64. The van der Waals surface area contributed by atoms with Crippen LogP contribution in [0.5, 0.6) is 11.9 Å². The van der Waals surface area contributed by atoms with Crippen molar-refractivity contribution in [2.75, 3.05) is 24.9 Å². The molecule has 0 unspecified atom stereocenters. The first-order valence-electron chi connectivity index (χ1n) is 13.0. The first-order chi connectivity index (χ1) is 21.5. The van der Waals surface area contributed by atoms with Crippen molar-refractivity contribution in [2.45, 2.75) is 6.18 Å². The molecule has 1 amide bonds. The third-order valence-electron chi connectivity index (χ3n) is 6.64. The number of fused-ring (bicyclic) bond motifs is 1. The Morgan fingerprint density at radius 1 is 0.911 bits per heavy atom. The number of pyridine rings is 1. The fraction of sp³-hybridized carbons (Fsp3) is 0.100. The maximum atomic E-state index is 13.3. The Hall–Kier alpha value is -6.12. The second kappa shape index (κ2) is 12.2. The van der Waals surface area contributed by atoms with Gasteiger partial charge in [-0.3, -0.25) is 9.78 Å². The fourth-order valence-corrected chi connectivity index (χ4v) is 4.55. The lowest BCUT2D eigenvalue weighted by molar-refractivity contribution is -0.137. The van der Waals surface area contributed by atoms with Gasteiger partial charge in [-0.15, -0.1) is 0 Å². The average molecular weight is 619 g/mol. The summed E-state index contributed by atoms with van der Waals surface area (Å²) in [7, 11) is 2.90. The summed E-state index contributed by atoms with van der Waals surface area (Å²) in [5, 5.41) is 18.9. The van der Waals surface area contributed by atoms with E-state index in [-0.39, 0.29) is 34.5 Å². The summed E-state index contributed by atoms with van der Waals surface area (Å²) in [6.45, 7) is 0. The van der Waals surface area contributed by atoms with Crippen molar-refractivity contribution in [1.29, 1.82) is 0 Å². The summed E-state index contributed by atoms with van der Waals surface area (Å²) >= 11 is 0. The number of benzene rings is 3. The standard InChI is InChI=1S/C30H25F3N8O4/c1-44-28-22(13-37-29(40-28)45-2)15-6-7-21-24(10-15)36-14-23(27(35)42)25(21)39-20-9-16(26(34)41-43)8-19(12-20)38-18-5-3-4-17(11-18)30(31,32)33/h3-14,38,43H,1-2H3,(H2,34,41)(H2,35,42)(H,36,39). The van der Waals surface area contributed by atoms with Gasteiger partial charge in [-0.05, 0) is 48.0 Å². The maximum absolute atomic E-state index is 13.3. The number of rotatable bonds is 9. The number of amidine groups is 1. The topological polar surface area (TPSA) is 183 Å². The van der Waals surface area contributed by atoms with Crippen LogP contribution in [0, 0.1) is 0 Å². The Balaban J connectivity index is 1.59. The van der Waals surface area contributed by atoms with Crippen molar-refractivity contribution in [3.05, 3.63) is 89.7 Å². The summed E-state index contributed by atoms with van der Waals surface area (Å²) in [5.41, 5.74) is 13.7. The van der Waals surface area contributed by atoms with Crippen LogP contribution < -0.4 is 31.6 Å². The van der Waals surface area contributed by atoms with Crippen LogP contribution in [-0.2, 0) is 6.18 Å². The minimum atomic E-state index is -4.54. The molecule has 0 bridgehead atoms. The highest BCUT2D eigenvalue weighted by molar-refractivity contribution is 6.08. The summed E-state index contributed by atoms with van der Waals surface area (Å²) in [6.07, 6.45) is -1.69. The molecule has 5 aromatic rings. The van der Waals surface area contributed by atoms with Crippen LogP contribution in [0.1, 0.15) is 21.5 Å². The van der Waals surface area contributed by atoms with E-state index in [1.165, 1.54) is 44.7 Å². The Labute approximate surface area is 253 Å². The van der Waals surface area contributed by atoms with Gasteiger partial charge in [0, 0.05) is 40.4 Å². The molecule has 0 saturated carbocycles. The lowest BCUT2D eigenvalue weighted by atomic mass is 10.0. The Morgan fingerprint density at radius 3 is 2.33 bits per heavy atom. The molecule has 0 spiro atoms. The quantitative estimate of drug-likeness (QED) is 0.0620. The zero-order chi connectivity index (χ0) is 32.3. The van der Waals surface area contributed by atoms with Gasteiger partial charge in [0.25, 0.3) is 5.91 Å². The van der Waals surface area contributed by atoms with Crippen molar-refractivity contribution < 1.29 is 32.6 Å². The molecule has 7 N–H and O–H groups in total. The molecular weight excluding hydrogens is 593 g/mol. The molecule has 2 heterocycles. The van der Waals surface area contributed by atoms with Crippen LogP contribution in [0.4, 0.5) is 35.9 Å². The van der Waals surface area contributed by atoms with E-state index >= 15 is 0 Å². The van der Waals surface area contributed by atoms with Gasteiger partial charge in [0.2, 0.25) is 5.88 Å². The second-order valence-electron chi connectivity index (χ2n) is 9.54.